The van der Waals surface area contributed by atoms with Crippen LogP contribution >= 0.6 is 24.0 Å². The number of ether oxygens (including phenoxy) is 2. The van der Waals surface area contributed by atoms with E-state index >= 15 is 0 Å². The number of aliphatic imine (C=N–C) groups is 1. The fourth-order valence-corrected chi connectivity index (χ4v) is 2.99. The fraction of sp³-hybridized carbons (Fsp3) is 0.364. The van der Waals surface area contributed by atoms with Gasteiger partial charge in [0.25, 0.3) is 5.91 Å². The summed E-state index contributed by atoms with van der Waals surface area (Å²) < 4.78 is 11.4. The summed E-state index contributed by atoms with van der Waals surface area (Å²) in [4.78, 5) is 16.4. The van der Waals surface area contributed by atoms with E-state index in [2.05, 4.69) is 20.9 Å². The molecule has 1 amide bonds. The van der Waals surface area contributed by atoms with Crippen molar-refractivity contribution in [2.45, 2.75) is 19.8 Å². The molecule has 162 valence electrons. The molecule has 30 heavy (non-hydrogen) atoms. The Kier molecular flexibility index (Phi) is 9.72. The lowest BCUT2D eigenvalue weighted by Gasteiger charge is -2.14. The van der Waals surface area contributed by atoms with E-state index in [0.29, 0.717) is 31.3 Å². The predicted molar refractivity (Wildman–Crippen MR) is 131 cm³/mol. The first-order valence-corrected chi connectivity index (χ1v) is 9.95. The van der Waals surface area contributed by atoms with E-state index < -0.39 is 0 Å². The van der Waals surface area contributed by atoms with Crippen LogP contribution in [-0.2, 0) is 6.42 Å². The van der Waals surface area contributed by atoms with Crippen molar-refractivity contribution in [1.29, 1.82) is 0 Å². The number of halogens is 1. The number of amides is 1. The highest BCUT2D eigenvalue weighted by atomic mass is 127. The summed E-state index contributed by atoms with van der Waals surface area (Å²) in [7, 11) is 1.63. The zero-order chi connectivity index (χ0) is 20.5. The minimum absolute atomic E-state index is 0. The second-order valence-electron chi connectivity index (χ2n) is 6.63. The maximum Gasteiger partial charge on any atom is 0.251 e. The van der Waals surface area contributed by atoms with Gasteiger partial charge in [-0.3, -0.25) is 9.79 Å². The van der Waals surface area contributed by atoms with Crippen LogP contribution in [0.3, 0.4) is 0 Å². The van der Waals surface area contributed by atoms with E-state index in [1.807, 2.05) is 43.3 Å². The molecule has 0 saturated carbocycles. The van der Waals surface area contributed by atoms with E-state index in [0.717, 1.165) is 42.1 Å². The molecule has 0 bridgehead atoms. The number of carbonyl (C=O) groups excluding carboxylic acids is 1. The Morgan fingerprint density at radius 3 is 2.67 bits per heavy atom. The van der Waals surface area contributed by atoms with Crippen molar-refractivity contribution in [2.75, 3.05) is 38.7 Å². The van der Waals surface area contributed by atoms with Gasteiger partial charge in [0.1, 0.15) is 0 Å². The van der Waals surface area contributed by atoms with E-state index in [4.69, 9.17) is 9.47 Å². The molecule has 0 spiro atoms. The summed E-state index contributed by atoms with van der Waals surface area (Å²) in [5.41, 5.74) is 2.61. The lowest BCUT2D eigenvalue weighted by Crippen LogP contribution is -2.30. The molecule has 1 aliphatic heterocycles. The van der Waals surface area contributed by atoms with E-state index in [-0.39, 0.29) is 29.9 Å². The van der Waals surface area contributed by atoms with Gasteiger partial charge in [-0.25, -0.2) is 0 Å². The minimum Gasteiger partial charge on any atom is -0.490 e. The summed E-state index contributed by atoms with van der Waals surface area (Å²) >= 11 is 0. The Bertz CT molecular complexity index is 873. The van der Waals surface area contributed by atoms with Crippen molar-refractivity contribution < 1.29 is 14.3 Å². The number of hydrogen-bond donors (Lipinski definition) is 3. The molecule has 0 radical (unpaired) electrons. The zero-order valence-electron chi connectivity index (χ0n) is 17.4. The number of benzene rings is 2. The Morgan fingerprint density at radius 1 is 1.10 bits per heavy atom. The summed E-state index contributed by atoms with van der Waals surface area (Å²) in [6.07, 6.45) is 1.62. The first-order chi connectivity index (χ1) is 14.2. The van der Waals surface area contributed by atoms with Gasteiger partial charge in [-0.05, 0) is 43.2 Å². The Balaban J connectivity index is 0.00000320. The zero-order valence-corrected chi connectivity index (χ0v) is 19.7. The van der Waals surface area contributed by atoms with Crippen molar-refractivity contribution in [2.24, 2.45) is 4.99 Å². The van der Waals surface area contributed by atoms with Crippen LogP contribution in [-0.4, -0.2) is 45.2 Å². The molecule has 8 heteroatoms. The topological polar surface area (TPSA) is 84.0 Å². The number of guanidine groups is 1. The van der Waals surface area contributed by atoms with Gasteiger partial charge in [0.05, 0.1) is 13.2 Å². The van der Waals surface area contributed by atoms with Gasteiger partial charge in [0, 0.05) is 43.9 Å². The molecule has 0 saturated heterocycles. The van der Waals surface area contributed by atoms with Crippen LogP contribution in [0.2, 0.25) is 0 Å². The number of nitrogens with zero attached hydrogens (tertiary/aromatic N) is 1. The lowest BCUT2D eigenvalue weighted by atomic mass is 10.1. The highest BCUT2D eigenvalue weighted by Crippen LogP contribution is 2.32. The molecule has 0 aromatic heterocycles. The smallest absolute Gasteiger partial charge is 0.251 e. The number of hydrogen-bond acceptors (Lipinski definition) is 4. The Hall–Kier alpha value is -2.49. The highest BCUT2D eigenvalue weighted by molar-refractivity contribution is 14.0. The van der Waals surface area contributed by atoms with Crippen molar-refractivity contribution in [1.82, 2.24) is 10.6 Å². The maximum absolute atomic E-state index is 11.8. The third kappa shape index (κ3) is 6.79. The predicted octanol–water partition coefficient (Wildman–Crippen LogP) is 3.45. The van der Waals surface area contributed by atoms with Crippen molar-refractivity contribution >= 4 is 41.5 Å². The largest absolute Gasteiger partial charge is 0.490 e. The fourth-order valence-electron chi connectivity index (χ4n) is 2.99. The monoisotopic (exact) mass is 524 g/mol. The SMILES string of the molecule is CCNC(=NCCc1cccc(C(=O)NC)c1)Nc1ccc2c(c1)OCCCO2.I. The maximum atomic E-state index is 11.8. The molecule has 3 N–H and O–H groups in total. The first kappa shape index (κ1) is 23.8. The molecule has 0 aliphatic carbocycles. The molecule has 3 rings (SSSR count). The van der Waals surface area contributed by atoms with Gasteiger partial charge in [-0.15, -0.1) is 24.0 Å². The van der Waals surface area contributed by atoms with Gasteiger partial charge < -0.3 is 25.4 Å². The van der Waals surface area contributed by atoms with Gasteiger partial charge in [0.2, 0.25) is 0 Å². The molecule has 7 nitrogen and oxygen atoms in total. The molecular weight excluding hydrogens is 495 g/mol. The van der Waals surface area contributed by atoms with Crippen LogP contribution in [0.5, 0.6) is 11.5 Å². The van der Waals surface area contributed by atoms with Crippen LogP contribution in [0.1, 0.15) is 29.3 Å². The second kappa shape index (κ2) is 12.3. The van der Waals surface area contributed by atoms with Crippen molar-refractivity contribution in [3.8, 4) is 11.5 Å². The van der Waals surface area contributed by atoms with Crippen LogP contribution < -0.4 is 25.4 Å². The second-order valence-corrected chi connectivity index (χ2v) is 6.63. The quantitative estimate of drug-likeness (QED) is 0.307. The van der Waals surface area contributed by atoms with Crippen molar-refractivity contribution in [3.63, 3.8) is 0 Å². The summed E-state index contributed by atoms with van der Waals surface area (Å²) in [5, 5.41) is 9.21. The van der Waals surface area contributed by atoms with Gasteiger partial charge >= 0.3 is 0 Å². The molecular formula is C22H29IN4O3. The minimum atomic E-state index is -0.0836. The number of carbonyl (C=O) groups is 1. The summed E-state index contributed by atoms with van der Waals surface area (Å²) in [6.45, 7) is 4.70. The Morgan fingerprint density at radius 2 is 1.90 bits per heavy atom. The average Bonchev–Trinajstić information content (AvgIpc) is 2.98. The van der Waals surface area contributed by atoms with Crippen LogP contribution in [0.4, 0.5) is 5.69 Å². The average molecular weight is 524 g/mol. The third-order valence-electron chi connectivity index (χ3n) is 4.44. The number of rotatable bonds is 6. The van der Waals surface area contributed by atoms with E-state index in [1.165, 1.54) is 0 Å². The standard InChI is InChI=1S/C22H28N4O3.HI/c1-3-24-22(25-11-10-16-6-4-7-17(14-16)21(27)23-2)26-18-8-9-19-20(15-18)29-13-5-12-28-19;/h4,6-9,14-15H,3,5,10-13H2,1-2H3,(H,23,27)(H2,24,25,26);1H. The van der Waals surface area contributed by atoms with Gasteiger partial charge in [-0.2, -0.15) is 0 Å². The number of anilines is 1. The summed E-state index contributed by atoms with van der Waals surface area (Å²) in [5.74, 6) is 2.13. The molecule has 0 fully saturated rings. The highest BCUT2D eigenvalue weighted by Gasteiger charge is 2.11. The van der Waals surface area contributed by atoms with E-state index in [9.17, 15) is 4.79 Å². The molecule has 2 aromatic carbocycles. The van der Waals surface area contributed by atoms with Crippen LogP contribution in [0.15, 0.2) is 47.5 Å². The third-order valence-corrected chi connectivity index (χ3v) is 4.44. The van der Waals surface area contributed by atoms with Crippen molar-refractivity contribution in [3.05, 3.63) is 53.6 Å². The summed E-state index contributed by atoms with van der Waals surface area (Å²) in [6, 6.07) is 13.4. The van der Waals surface area contributed by atoms with Gasteiger partial charge in [0.15, 0.2) is 17.5 Å². The molecule has 0 unspecified atom stereocenters. The van der Waals surface area contributed by atoms with E-state index in [1.54, 1.807) is 13.1 Å². The first-order valence-electron chi connectivity index (χ1n) is 9.95. The number of nitrogens with one attached hydrogen (secondary N) is 3. The Labute approximate surface area is 194 Å². The molecule has 0 atom stereocenters. The number of fused-ring (bicyclic) bond motifs is 1. The molecule has 1 aliphatic rings. The normalized spacial score (nSPS) is 12.9. The molecule has 1 heterocycles. The van der Waals surface area contributed by atoms with Crippen LogP contribution in [0.25, 0.3) is 0 Å². The van der Waals surface area contributed by atoms with Crippen LogP contribution in [0, 0.1) is 0 Å². The molecule has 2 aromatic rings. The lowest BCUT2D eigenvalue weighted by molar-refractivity contribution is 0.0963. The van der Waals surface area contributed by atoms with Gasteiger partial charge in [-0.1, -0.05) is 12.1 Å².